The van der Waals surface area contributed by atoms with Gasteiger partial charge in [-0.2, -0.15) is 0 Å². The third-order valence-electron chi connectivity index (χ3n) is 9.53. The zero-order valence-electron chi connectivity index (χ0n) is 26.3. The van der Waals surface area contributed by atoms with E-state index in [2.05, 4.69) is 13.0 Å². The molecule has 0 aromatic heterocycles. The molecule has 0 saturated carbocycles. The molecule has 0 bridgehead atoms. The number of aromatic hydroxyl groups is 1. The van der Waals surface area contributed by atoms with Gasteiger partial charge in [-0.05, 0) is 97.7 Å². The van der Waals surface area contributed by atoms with Crippen molar-refractivity contribution in [3.8, 4) is 11.5 Å². The molecule has 3 aromatic rings. The molecule has 2 heterocycles. The summed E-state index contributed by atoms with van der Waals surface area (Å²) in [7, 11) is 0. The van der Waals surface area contributed by atoms with E-state index in [4.69, 9.17) is 9.47 Å². The monoisotopic (exact) mass is 622 g/mol. The molecule has 0 radical (unpaired) electrons. The highest BCUT2D eigenvalue weighted by Crippen LogP contribution is 2.51. The molecule has 0 spiro atoms. The fourth-order valence-electron chi connectivity index (χ4n) is 7.27. The first kappa shape index (κ1) is 31.2. The number of fused-ring (bicyclic) bond motifs is 3. The van der Waals surface area contributed by atoms with Crippen LogP contribution in [0.2, 0.25) is 0 Å². The second-order valence-corrected chi connectivity index (χ2v) is 12.4. The molecule has 2 amide bonds. The number of hydrogen-bond donors (Lipinski definition) is 1. The lowest BCUT2D eigenvalue weighted by molar-refractivity contribution is -0.384. The molecular weight excluding hydrogens is 584 g/mol. The highest BCUT2D eigenvalue weighted by Gasteiger charge is 2.57. The fourth-order valence-corrected chi connectivity index (χ4v) is 7.27. The smallest absolute Gasteiger partial charge is 0.271 e. The van der Waals surface area contributed by atoms with Crippen LogP contribution in [0.5, 0.6) is 11.5 Å². The van der Waals surface area contributed by atoms with E-state index in [-0.39, 0.29) is 41.8 Å². The van der Waals surface area contributed by atoms with Gasteiger partial charge in [0.05, 0.1) is 35.2 Å². The maximum absolute atomic E-state index is 14.0. The van der Waals surface area contributed by atoms with Gasteiger partial charge in [0.15, 0.2) is 0 Å². The number of allylic oxidation sites excluding steroid dienone is 1. The van der Waals surface area contributed by atoms with E-state index in [1.54, 1.807) is 6.07 Å². The first-order chi connectivity index (χ1) is 22.2. The van der Waals surface area contributed by atoms with Crippen LogP contribution >= 0.6 is 0 Å². The lowest BCUT2D eigenvalue weighted by atomic mass is 9.69. The average Bonchev–Trinajstić information content (AvgIpc) is 3.59. The van der Waals surface area contributed by atoms with Crippen LogP contribution in [0.4, 0.5) is 11.4 Å². The lowest BCUT2D eigenvalue weighted by Crippen LogP contribution is -2.35. The fraction of sp³-hybridized carbons (Fsp3) is 0.351. The summed E-state index contributed by atoms with van der Waals surface area (Å²) in [5.74, 6) is -1.12. The minimum atomic E-state index is -0.601. The minimum Gasteiger partial charge on any atom is -0.507 e. The van der Waals surface area contributed by atoms with Crippen LogP contribution < -0.4 is 9.64 Å². The molecule has 2 aliphatic heterocycles. The molecule has 9 heteroatoms. The normalized spacial score (nSPS) is 22.7. The number of nitro benzene ring substituents is 1. The first-order valence-corrected chi connectivity index (χ1v) is 15.8. The van der Waals surface area contributed by atoms with E-state index in [9.17, 15) is 24.8 Å². The van der Waals surface area contributed by atoms with E-state index in [1.165, 1.54) is 23.8 Å². The predicted octanol–water partition coefficient (Wildman–Crippen LogP) is 7.09. The van der Waals surface area contributed by atoms with E-state index >= 15 is 0 Å². The van der Waals surface area contributed by atoms with Crippen LogP contribution in [0.3, 0.4) is 0 Å². The van der Waals surface area contributed by atoms with Crippen molar-refractivity contribution in [1.82, 2.24) is 0 Å². The standard InChI is InChI=1S/C37H38N2O7/c1-4-24(17-25-15-22(2)35(40)23(3)16-25)13-14-32-33-26(20-45-29-11-6-5-7-12-29)18-30-34(31(33)21-46-32)37(42)38(36(30)41)27-9-8-10-28(19-27)39(43)44/h5-12,15-17,19,30-32,34,40H,4,13-14,18,20-21H2,1-3H3/b24-17+/t30-,31+,32-,34-/m1/s1. The van der Waals surface area contributed by atoms with Crippen LogP contribution in [-0.2, 0) is 14.3 Å². The second kappa shape index (κ2) is 12.9. The van der Waals surface area contributed by atoms with Gasteiger partial charge in [-0.25, -0.2) is 4.90 Å². The van der Waals surface area contributed by atoms with Crippen LogP contribution in [0.1, 0.15) is 49.3 Å². The van der Waals surface area contributed by atoms with E-state index < -0.39 is 16.8 Å². The summed E-state index contributed by atoms with van der Waals surface area (Å²) in [4.78, 5) is 39.8. The largest absolute Gasteiger partial charge is 0.507 e. The van der Waals surface area contributed by atoms with Gasteiger partial charge in [-0.3, -0.25) is 19.7 Å². The highest BCUT2D eigenvalue weighted by molar-refractivity contribution is 6.22. The summed E-state index contributed by atoms with van der Waals surface area (Å²) >= 11 is 0. The Kier molecular flexibility index (Phi) is 8.77. The number of rotatable bonds is 10. The molecule has 1 aliphatic carbocycles. The number of phenolic OH excluding ortho intramolecular Hbond substituents is 1. The van der Waals surface area contributed by atoms with Gasteiger partial charge < -0.3 is 14.6 Å². The number of amides is 2. The quantitative estimate of drug-likeness (QED) is 0.111. The zero-order valence-corrected chi connectivity index (χ0v) is 26.3. The van der Waals surface area contributed by atoms with Crippen molar-refractivity contribution in [2.45, 2.75) is 52.6 Å². The minimum absolute atomic E-state index is 0.176. The van der Waals surface area contributed by atoms with Gasteiger partial charge in [0, 0.05) is 18.1 Å². The molecule has 4 atom stereocenters. The Bertz CT molecular complexity index is 1720. The number of nitro groups is 1. The summed E-state index contributed by atoms with van der Waals surface area (Å²) in [6, 6.07) is 19.2. The molecule has 6 rings (SSSR count). The summed E-state index contributed by atoms with van der Waals surface area (Å²) in [6.45, 7) is 6.52. The maximum Gasteiger partial charge on any atom is 0.271 e. The zero-order chi connectivity index (χ0) is 32.5. The summed E-state index contributed by atoms with van der Waals surface area (Å²) in [5, 5.41) is 21.7. The van der Waals surface area contributed by atoms with E-state index in [0.29, 0.717) is 30.9 Å². The second-order valence-electron chi connectivity index (χ2n) is 12.4. The Morgan fingerprint density at radius 1 is 1.04 bits per heavy atom. The number of non-ortho nitro benzene ring substituents is 1. The van der Waals surface area contributed by atoms with Gasteiger partial charge in [-0.1, -0.05) is 42.8 Å². The number of ether oxygens (including phenoxy) is 2. The van der Waals surface area contributed by atoms with Gasteiger partial charge in [0.2, 0.25) is 11.8 Å². The topological polar surface area (TPSA) is 119 Å². The summed E-state index contributed by atoms with van der Waals surface area (Å²) in [6.07, 6.45) is 4.66. The van der Waals surface area contributed by atoms with Crippen molar-refractivity contribution in [2.75, 3.05) is 18.1 Å². The van der Waals surface area contributed by atoms with Crippen LogP contribution in [-0.4, -0.2) is 41.2 Å². The number of carbonyl (C=O) groups is 2. The molecule has 46 heavy (non-hydrogen) atoms. The van der Waals surface area contributed by atoms with Crippen LogP contribution in [0.15, 0.2) is 83.4 Å². The third kappa shape index (κ3) is 5.95. The molecule has 2 saturated heterocycles. The van der Waals surface area contributed by atoms with Gasteiger partial charge in [0.25, 0.3) is 5.69 Å². The molecule has 0 unspecified atom stereocenters. The number of imide groups is 1. The lowest BCUT2D eigenvalue weighted by Gasteiger charge is -2.31. The van der Waals surface area contributed by atoms with Crippen molar-refractivity contribution >= 4 is 29.3 Å². The number of carbonyl (C=O) groups excluding carboxylic acids is 2. The van der Waals surface area contributed by atoms with Gasteiger partial charge in [-0.15, -0.1) is 0 Å². The Morgan fingerprint density at radius 3 is 2.48 bits per heavy atom. The molecule has 3 aliphatic rings. The molecule has 238 valence electrons. The molecule has 2 fully saturated rings. The van der Waals surface area contributed by atoms with E-state index in [1.807, 2.05) is 56.3 Å². The Balaban J connectivity index is 1.29. The average molecular weight is 623 g/mol. The van der Waals surface area contributed by atoms with Crippen LogP contribution in [0.25, 0.3) is 6.08 Å². The number of aryl methyl sites for hydroxylation is 2. The summed E-state index contributed by atoms with van der Waals surface area (Å²) < 4.78 is 12.6. The Hall–Kier alpha value is -4.76. The Labute approximate surface area is 268 Å². The first-order valence-electron chi connectivity index (χ1n) is 15.8. The number of phenols is 1. The molecule has 1 N–H and O–H groups in total. The number of anilines is 1. The molecular formula is C37H38N2O7. The Morgan fingerprint density at radius 2 is 1.78 bits per heavy atom. The number of benzene rings is 3. The predicted molar refractivity (Wildman–Crippen MR) is 174 cm³/mol. The van der Waals surface area contributed by atoms with Crippen molar-refractivity contribution in [2.24, 2.45) is 17.8 Å². The number of nitrogens with zero attached hydrogens (tertiary/aromatic N) is 2. The molecule has 9 nitrogen and oxygen atoms in total. The van der Waals surface area contributed by atoms with Crippen molar-refractivity contribution < 1.29 is 29.1 Å². The molecule has 3 aromatic carbocycles. The van der Waals surface area contributed by atoms with Gasteiger partial charge in [0.1, 0.15) is 18.1 Å². The number of para-hydroxylation sites is 1. The number of hydrogen-bond acceptors (Lipinski definition) is 7. The van der Waals surface area contributed by atoms with Crippen molar-refractivity contribution in [3.05, 3.63) is 110 Å². The highest BCUT2D eigenvalue weighted by atomic mass is 16.6. The summed E-state index contributed by atoms with van der Waals surface area (Å²) in [5.41, 5.74) is 6.03. The van der Waals surface area contributed by atoms with Crippen molar-refractivity contribution in [3.63, 3.8) is 0 Å². The van der Waals surface area contributed by atoms with E-state index in [0.717, 1.165) is 45.6 Å². The SMILES string of the molecule is CC/C(=C\c1cc(C)c(O)c(C)c1)CC[C@H]1OC[C@H]2C1=C(COc1ccccc1)C[C@H]1C(=O)N(c3cccc([N+](=O)[O-])c3)C(=O)[C@H]12. The van der Waals surface area contributed by atoms with Gasteiger partial charge >= 0.3 is 0 Å². The maximum atomic E-state index is 14.0. The van der Waals surface area contributed by atoms with Crippen LogP contribution in [0, 0.1) is 41.7 Å². The van der Waals surface area contributed by atoms with Crippen molar-refractivity contribution in [1.29, 1.82) is 0 Å². The third-order valence-corrected chi connectivity index (χ3v) is 9.53.